The van der Waals surface area contributed by atoms with Crippen LogP contribution in [0.4, 0.5) is 23.2 Å². The monoisotopic (exact) mass is 448 g/mol. The van der Waals surface area contributed by atoms with Gasteiger partial charge in [-0.2, -0.15) is 4.31 Å². The van der Waals surface area contributed by atoms with Crippen molar-refractivity contribution in [1.82, 2.24) is 4.31 Å². The minimum atomic E-state index is -4.92. The molecular weight excluding hydrogens is 432 g/mol. The first-order valence-electron chi connectivity index (χ1n) is 8.61. The number of rotatable bonds is 5. The van der Waals surface area contributed by atoms with Gasteiger partial charge in [0.25, 0.3) is 5.91 Å². The third-order valence-corrected chi connectivity index (χ3v) is 6.01. The lowest BCUT2D eigenvalue weighted by Crippen LogP contribution is -2.40. The number of morpholine rings is 1. The van der Waals surface area contributed by atoms with Gasteiger partial charge in [-0.3, -0.25) is 4.79 Å². The van der Waals surface area contributed by atoms with Crippen LogP contribution in [0.2, 0.25) is 0 Å². The number of nitrogens with one attached hydrogen (secondary N) is 1. The normalized spacial score (nSPS) is 15.6. The van der Waals surface area contributed by atoms with Crippen molar-refractivity contribution in [1.29, 1.82) is 0 Å². The van der Waals surface area contributed by atoms with Crippen LogP contribution in [0.5, 0.6) is 5.75 Å². The van der Waals surface area contributed by atoms with Crippen molar-refractivity contribution in [2.24, 2.45) is 0 Å². The first-order valence-corrected chi connectivity index (χ1v) is 10.0. The van der Waals surface area contributed by atoms with Crippen LogP contribution in [0.25, 0.3) is 0 Å². The van der Waals surface area contributed by atoms with Crippen LogP contribution in [0, 0.1) is 5.82 Å². The lowest BCUT2D eigenvalue weighted by molar-refractivity contribution is -0.274. The number of amides is 1. The predicted octanol–water partition coefficient (Wildman–Crippen LogP) is 3.00. The lowest BCUT2D eigenvalue weighted by atomic mass is 10.2. The minimum absolute atomic E-state index is 0.0948. The van der Waals surface area contributed by atoms with E-state index in [0.717, 1.165) is 34.6 Å². The number of hydrogen-bond acceptors (Lipinski definition) is 5. The van der Waals surface area contributed by atoms with E-state index >= 15 is 0 Å². The van der Waals surface area contributed by atoms with Crippen molar-refractivity contribution in [2.75, 3.05) is 31.6 Å². The van der Waals surface area contributed by atoms with Gasteiger partial charge in [0, 0.05) is 24.8 Å². The van der Waals surface area contributed by atoms with Gasteiger partial charge in [0.15, 0.2) is 0 Å². The molecule has 2 aromatic carbocycles. The van der Waals surface area contributed by atoms with Crippen molar-refractivity contribution < 1.29 is 40.2 Å². The number of anilines is 1. The quantitative estimate of drug-likeness (QED) is 0.711. The number of halogens is 4. The fourth-order valence-electron chi connectivity index (χ4n) is 2.74. The van der Waals surface area contributed by atoms with Crippen molar-refractivity contribution in [3.63, 3.8) is 0 Å². The molecule has 1 amide bonds. The van der Waals surface area contributed by atoms with Crippen molar-refractivity contribution >= 4 is 21.6 Å². The van der Waals surface area contributed by atoms with Gasteiger partial charge in [0.1, 0.15) is 11.6 Å². The van der Waals surface area contributed by atoms with Gasteiger partial charge in [-0.25, -0.2) is 12.8 Å². The molecule has 0 aliphatic carbocycles. The molecule has 162 valence electrons. The van der Waals surface area contributed by atoms with E-state index in [1.165, 1.54) is 12.1 Å². The largest absolute Gasteiger partial charge is 0.573 e. The maximum Gasteiger partial charge on any atom is 0.573 e. The molecule has 1 heterocycles. The topological polar surface area (TPSA) is 84.9 Å². The van der Waals surface area contributed by atoms with E-state index in [1.54, 1.807) is 0 Å². The third kappa shape index (κ3) is 5.26. The summed E-state index contributed by atoms with van der Waals surface area (Å²) in [7, 11) is -3.97. The zero-order chi connectivity index (χ0) is 21.9. The maximum atomic E-state index is 14.2. The third-order valence-electron chi connectivity index (χ3n) is 4.12. The number of hydrogen-bond donors (Lipinski definition) is 1. The molecule has 1 aliphatic rings. The Morgan fingerprint density at radius 1 is 1.10 bits per heavy atom. The van der Waals surface area contributed by atoms with Gasteiger partial charge in [0.05, 0.1) is 23.7 Å². The summed E-state index contributed by atoms with van der Waals surface area (Å²) in [5, 5.41) is 2.23. The van der Waals surface area contributed by atoms with Crippen LogP contribution < -0.4 is 10.1 Å². The van der Waals surface area contributed by atoms with Crippen LogP contribution in [-0.2, 0) is 14.8 Å². The van der Waals surface area contributed by atoms with Gasteiger partial charge >= 0.3 is 6.36 Å². The molecule has 12 heteroatoms. The highest BCUT2D eigenvalue weighted by Gasteiger charge is 2.31. The molecule has 0 spiro atoms. The molecule has 0 aromatic heterocycles. The first-order chi connectivity index (χ1) is 14.1. The summed E-state index contributed by atoms with van der Waals surface area (Å²) in [6.07, 6.45) is -4.92. The van der Waals surface area contributed by atoms with Gasteiger partial charge in [-0.1, -0.05) is 6.07 Å². The fourth-order valence-corrected chi connectivity index (χ4v) is 4.18. The summed E-state index contributed by atoms with van der Waals surface area (Å²) in [4.78, 5) is 12.2. The van der Waals surface area contributed by atoms with E-state index in [2.05, 4.69) is 10.1 Å². The molecule has 0 bridgehead atoms. The standard InChI is InChI=1S/C18H16F4N2O5S/c19-16-5-4-14(30(26,27)24-6-8-28-9-7-24)11-15(16)17(25)23-12-2-1-3-13(10-12)29-18(20,21)22/h1-5,10-11H,6-9H2,(H,23,25). The highest BCUT2D eigenvalue weighted by molar-refractivity contribution is 7.89. The number of sulfonamides is 1. The Hall–Kier alpha value is -2.70. The van der Waals surface area contributed by atoms with E-state index in [-0.39, 0.29) is 36.9 Å². The summed E-state index contributed by atoms with van der Waals surface area (Å²) in [6, 6.07) is 7.16. The van der Waals surface area contributed by atoms with E-state index in [9.17, 15) is 30.8 Å². The Bertz CT molecular complexity index is 1040. The van der Waals surface area contributed by atoms with Crippen LogP contribution in [-0.4, -0.2) is 51.3 Å². The van der Waals surface area contributed by atoms with Crippen molar-refractivity contribution in [3.8, 4) is 5.75 Å². The molecule has 30 heavy (non-hydrogen) atoms. The van der Waals surface area contributed by atoms with Crippen molar-refractivity contribution in [2.45, 2.75) is 11.3 Å². The minimum Gasteiger partial charge on any atom is -0.406 e. The van der Waals surface area contributed by atoms with Gasteiger partial charge in [-0.15, -0.1) is 13.2 Å². The summed E-state index contributed by atoms with van der Waals surface area (Å²) in [6.45, 7) is 0.661. The number of ether oxygens (including phenoxy) is 2. The van der Waals surface area contributed by atoms with Crippen LogP contribution in [0.15, 0.2) is 47.4 Å². The Morgan fingerprint density at radius 2 is 1.80 bits per heavy atom. The summed E-state index contributed by atoms with van der Waals surface area (Å²) in [5.74, 6) is -2.60. The first kappa shape index (κ1) is 22.0. The average molecular weight is 448 g/mol. The summed E-state index contributed by atoms with van der Waals surface area (Å²) in [5.41, 5.74) is -0.672. The lowest BCUT2D eigenvalue weighted by Gasteiger charge is -2.26. The van der Waals surface area contributed by atoms with E-state index in [4.69, 9.17) is 4.74 Å². The molecule has 1 aliphatic heterocycles. The molecule has 2 aromatic rings. The van der Waals surface area contributed by atoms with Crippen LogP contribution in [0.3, 0.4) is 0 Å². The second-order valence-corrected chi connectivity index (χ2v) is 8.13. The molecule has 0 unspecified atom stereocenters. The van der Waals surface area contributed by atoms with Gasteiger partial charge in [0.2, 0.25) is 10.0 Å². The number of nitrogens with zero attached hydrogens (tertiary/aromatic N) is 1. The molecular formula is C18H16F4N2O5S. The molecule has 1 saturated heterocycles. The molecule has 1 fully saturated rings. The summed E-state index contributed by atoms with van der Waals surface area (Å²) < 4.78 is 86.6. The Balaban J connectivity index is 1.83. The number of carbonyl (C=O) groups excluding carboxylic acids is 1. The second kappa shape index (κ2) is 8.58. The highest BCUT2D eigenvalue weighted by atomic mass is 32.2. The zero-order valence-corrected chi connectivity index (χ0v) is 16.1. The predicted molar refractivity (Wildman–Crippen MR) is 97.1 cm³/mol. The second-order valence-electron chi connectivity index (χ2n) is 6.19. The Morgan fingerprint density at radius 3 is 2.47 bits per heavy atom. The maximum absolute atomic E-state index is 14.2. The summed E-state index contributed by atoms with van der Waals surface area (Å²) >= 11 is 0. The SMILES string of the molecule is O=C(Nc1cccc(OC(F)(F)F)c1)c1cc(S(=O)(=O)N2CCOCC2)ccc1F. The number of carbonyl (C=O) groups is 1. The number of alkyl halides is 3. The molecule has 3 rings (SSSR count). The fraction of sp³-hybridized carbons (Fsp3) is 0.278. The van der Waals surface area contributed by atoms with Crippen LogP contribution in [0.1, 0.15) is 10.4 Å². The molecule has 0 radical (unpaired) electrons. The average Bonchev–Trinajstić information content (AvgIpc) is 2.67. The zero-order valence-electron chi connectivity index (χ0n) is 15.3. The molecule has 7 nitrogen and oxygen atoms in total. The number of benzene rings is 2. The van der Waals surface area contributed by atoms with Gasteiger partial charge < -0.3 is 14.8 Å². The molecule has 0 atom stereocenters. The highest BCUT2D eigenvalue weighted by Crippen LogP contribution is 2.26. The van der Waals surface area contributed by atoms with Crippen LogP contribution >= 0.6 is 0 Å². The smallest absolute Gasteiger partial charge is 0.406 e. The van der Waals surface area contributed by atoms with Crippen molar-refractivity contribution in [3.05, 3.63) is 53.8 Å². The Kier molecular flexibility index (Phi) is 6.29. The van der Waals surface area contributed by atoms with E-state index in [0.29, 0.717) is 0 Å². The van der Waals surface area contributed by atoms with E-state index in [1.807, 2.05) is 0 Å². The van der Waals surface area contributed by atoms with E-state index < -0.39 is 39.4 Å². The molecule has 0 saturated carbocycles. The van der Waals surface area contributed by atoms with Gasteiger partial charge in [-0.05, 0) is 30.3 Å². The Labute approximate surface area is 169 Å². The molecule has 1 N–H and O–H groups in total.